The molecule has 3 heteroatoms. The van der Waals surface area contributed by atoms with Gasteiger partial charge >= 0.3 is 0 Å². The lowest BCUT2D eigenvalue weighted by molar-refractivity contribution is 0.349. The highest BCUT2D eigenvalue weighted by Crippen LogP contribution is 2.32. The van der Waals surface area contributed by atoms with Gasteiger partial charge in [-0.1, -0.05) is 32.9 Å². The fourth-order valence-corrected chi connectivity index (χ4v) is 1.91. The minimum Gasteiger partial charge on any atom is -0.496 e. The molecule has 3 nitrogen and oxygen atoms in total. The molecular formula is C15H26N2O. The van der Waals surface area contributed by atoms with Gasteiger partial charge in [-0.3, -0.25) is 4.90 Å². The minimum atomic E-state index is 0.0983. The molecule has 0 fully saturated rings. The maximum atomic E-state index is 5.59. The first-order valence-electron chi connectivity index (χ1n) is 6.44. The number of rotatable bonds is 5. The van der Waals surface area contributed by atoms with Crippen molar-refractivity contribution in [3.63, 3.8) is 0 Å². The first-order chi connectivity index (χ1) is 8.38. The zero-order valence-corrected chi connectivity index (χ0v) is 12.3. The van der Waals surface area contributed by atoms with Crippen molar-refractivity contribution in [3.8, 4) is 5.75 Å². The summed E-state index contributed by atoms with van der Waals surface area (Å²) in [6, 6.07) is 6.46. The first kappa shape index (κ1) is 15.0. The average Bonchev–Trinajstić information content (AvgIpc) is 2.34. The highest BCUT2D eigenvalue weighted by Gasteiger charge is 2.19. The lowest BCUT2D eigenvalue weighted by Gasteiger charge is -2.23. The molecule has 0 amide bonds. The molecule has 0 aliphatic rings. The molecule has 0 aromatic heterocycles. The highest BCUT2D eigenvalue weighted by molar-refractivity contribution is 5.41. The lowest BCUT2D eigenvalue weighted by atomic mass is 9.85. The van der Waals surface area contributed by atoms with E-state index >= 15 is 0 Å². The number of methoxy groups -OCH3 is 1. The van der Waals surface area contributed by atoms with Gasteiger partial charge in [0.2, 0.25) is 0 Å². The van der Waals surface area contributed by atoms with Gasteiger partial charge < -0.3 is 10.5 Å². The molecule has 0 bridgehead atoms. The third kappa shape index (κ3) is 4.00. The number of benzene rings is 1. The molecule has 18 heavy (non-hydrogen) atoms. The van der Waals surface area contributed by atoms with Gasteiger partial charge in [0.25, 0.3) is 0 Å². The molecule has 1 aromatic carbocycles. The van der Waals surface area contributed by atoms with Crippen LogP contribution in [0.2, 0.25) is 0 Å². The van der Waals surface area contributed by atoms with Crippen LogP contribution in [-0.2, 0) is 11.8 Å². The maximum Gasteiger partial charge on any atom is 0.122 e. The van der Waals surface area contributed by atoms with Crippen LogP contribution < -0.4 is 10.5 Å². The Balaban J connectivity index is 2.90. The van der Waals surface area contributed by atoms with E-state index in [-0.39, 0.29) is 5.41 Å². The van der Waals surface area contributed by atoms with Crippen LogP contribution in [0.4, 0.5) is 0 Å². The second kappa shape index (κ2) is 6.21. The van der Waals surface area contributed by atoms with Gasteiger partial charge in [-0.25, -0.2) is 0 Å². The van der Waals surface area contributed by atoms with E-state index in [1.165, 1.54) is 11.1 Å². The van der Waals surface area contributed by atoms with E-state index in [4.69, 9.17) is 10.5 Å². The molecule has 1 rings (SSSR count). The summed E-state index contributed by atoms with van der Waals surface area (Å²) >= 11 is 0. The standard InChI is InChI=1S/C15H26N2O/c1-15(2,3)13-10-12(6-7-14(13)18-5)8-9-17(4)11-16/h6-7,10H,8-9,11,16H2,1-5H3. The Labute approximate surface area is 111 Å². The number of nitrogens with two attached hydrogens (primary N) is 1. The van der Waals surface area contributed by atoms with Gasteiger partial charge in [0.05, 0.1) is 7.11 Å². The topological polar surface area (TPSA) is 38.5 Å². The SMILES string of the molecule is COc1ccc(CCN(C)CN)cc1C(C)(C)C. The number of ether oxygens (including phenoxy) is 1. The number of hydrogen-bond acceptors (Lipinski definition) is 3. The maximum absolute atomic E-state index is 5.59. The Bertz CT molecular complexity index is 383. The van der Waals surface area contributed by atoms with E-state index in [0.717, 1.165) is 18.7 Å². The van der Waals surface area contributed by atoms with Gasteiger partial charge in [-0.15, -0.1) is 0 Å². The molecule has 0 unspecified atom stereocenters. The summed E-state index contributed by atoms with van der Waals surface area (Å²) in [5.41, 5.74) is 8.28. The Hall–Kier alpha value is -1.06. The Morgan fingerprint density at radius 1 is 1.28 bits per heavy atom. The smallest absolute Gasteiger partial charge is 0.122 e. The van der Waals surface area contributed by atoms with E-state index in [2.05, 4.69) is 43.9 Å². The summed E-state index contributed by atoms with van der Waals surface area (Å²) < 4.78 is 5.44. The first-order valence-corrected chi connectivity index (χ1v) is 6.44. The van der Waals surface area contributed by atoms with Crippen molar-refractivity contribution in [2.24, 2.45) is 5.73 Å². The van der Waals surface area contributed by atoms with Crippen LogP contribution in [0.5, 0.6) is 5.75 Å². The van der Waals surface area contributed by atoms with E-state index in [1.807, 2.05) is 7.05 Å². The molecule has 0 heterocycles. The summed E-state index contributed by atoms with van der Waals surface area (Å²) in [6.07, 6.45) is 1.01. The van der Waals surface area contributed by atoms with E-state index in [0.29, 0.717) is 6.67 Å². The fraction of sp³-hybridized carbons (Fsp3) is 0.600. The quantitative estimate of drug-likeness (QED) is 0.815. The van der Waals surface area contributed by atoms with Crippen LogP contribution in [-0.4, -0.2) is 32.3 Å². The van der Waals surface area contributed by atoms with Crippen LogP contribution in [0.15, 0.2) is 18.2 Å². The van der Waals surface area contributed by atoms with Crippen molar-refractivity contribution in [3.05, 3.63) is 29.3 Å². The summed E-state index contributed by atoms with van der Waals surface area (Å²) in [7, 11) is 3.76. The fourth-order valence-electron chi connectivity index (χ4n) is 1.91. The van der Waals surface area contributed by atoms with Crippen LogP contribution in [0.1, 0.15) is 31.9 Å². The van der Waals surface area contributed by atoms with Crippen molar-refractivity contribution in [1.82, 2.24) is 4.90 Å². The molecule has 2 N–H and O–H groups in total. The van der Waals surface area contributed by atoms with Crippen LogP contribution >= 0.6 is 0 Å². The van der Waals surface area contributed by atoms with Crippen LogP contribution in [0.25, 0.3) is 0 Å². The molecule has 0 saturated carbocycles. The van der Waals surface area contributed by atoms with Crippen molar-refractivity contribution in [2.75, 3.05) is 27.4 Å². The largest absolute Gasteiger partial charge is 0.496 e. The summed E-state index contributed by atoms with van der Waals surface area (Å²) in [4.78, 5) is 2.11. The molecular weight excluding hydrogens is 224 g/mol. The second-order valence-corrected chi connectivity index (χ2v) is 5.80. The predicted octanol–water partition coefficient (Wildman–Crippen LogP) is 2.38. The highest BCUT2D eigenvalue weighted by atomic mass is 16.5. The Morgan fingerprint density at radius 2 is 1.94 bits per heavy atom. The Morgan fingerprint density at radius 3 is 2.44 bits per heavy atom. The minimum absolute atomic E-state index is 0.0983. The van der Waals surface area contributed by atoms with Crippen molar-refractivity contribution in [1.29, 1.82) is 0 Å². The van der Waals surface area contributed by atoms with Gasteiger partial charge in [-0.2, -0.15) is 0 Å². The van der Waals surface area contributed by atoms with E-state index in [1.54, 1.807) is 7.11 Å². The Kier molecular flexibility index (Phi) is 5.17. The van der Waals surface area contributed by atoms with Gasteiger partial charge in [-0.05, 0) is 36.1 Å². The number of nitrogens with zero attached hydrogens (tertiary/aromatic N) is 1. The van der Waals surface area contributed by atoms with Crippen molar-refractivity contribution in [2.45, 2.75) is 32.6 Å². The zero-order chi connectivity index (χ0) is 13.8. The monoisotopic (exact) mass is 250 g/mol. The molecule has 102 valence electrons. The number of likely N-dealkylation sites (N-methyl/N-ethyl adjacent to an activating group) is 1. The third-order valence-electron chi connectivity index (χ3n) is 3.17. The molecule has 0 aliphatic carbocycles. The molecule has 0 aliphatic heterocycles. The van der Waals surface area contributed by atoms with Gasteiger partial charge in [0.1, 0.15) is 5.75 Å². The van der Waals surface area contributed by atoms with Crippen LogP contribution in [0, 0.1) is 0 Å². The van der Waals surface area contributed by atoms with Crippen molar-refractivity contribution < 1.29 is 4.74 Å². The zero-order valence-electron chi connectivity index (χ0n) is 12.3. The molecule has 0 radical (unpaired) electrons. The number of hydrogen-bond donors (Lipinski definition) is 1. The molecule has 0 saturated heterocycles. The molecule has 1 aromatic rings. The third-order valence-corrected chi connectivity index (χ3v) is 3.17. The van der Waals surface area contributed by atoms with Gasteiger partial charge in [0.15, 0.2) is 0 Å². The van der Waals surface area contributed by atoms with Crippen LogP contribution in [0.3, 0.4) is 0 Å². The molecule has 0 atom stereocenters. The summed E-state index contributed by atoms with van der Waals surface area (Å²) in [6.45, 7) is 8.20. The second-order valence-electron chi connectivity index (χ2n) is 5.80. The van der Waals surface area contributed by atoms with Crippen molar-refractivity contribution >= 4 is 0 Å². The summed E-state index contributed by atoms with van der Waals surface area (Å²) in [5, 5.41) is 0. The lowest BCUT2D eigenvalue weighted by Crippen LogP contribution is -2.27. The summed E-state index contributed by atoms with van der Waals surface area (Å²) in [5.74, 6) is 0.971. The predicted molar refractivity (Wildman–Crippen MR) is 77.1 cm³/mol. The average molecular weight is 250 g/mol. The normalized spacial score (nSPS) is 11.9. The van der Waals surface area contributed by atoms with E-state index in [9.17, 15) is 0 Å². The molecule has 0 spiro atoms. The van der Waals surface area contributed by atoms with Gasteiger partial charge in [0, 0.05) is 13.2 Å². The van der Waals surface area contributed by atoms with E-state index < -0.39 is 0 Å².